The molecular formula is C7H8N4. The summed E-state index contributed by atoms with van der Waals surface area (Å²) in [4.78, 5) is 0. The maximum atomic E-state index is 4.08. The van der Waals surface area contributed by atoms with Crippen LogP contribution in [0.1, 0.15) is 5.69 Å². The molecule has 0 saturated carbocycles. The van der Waals surface area contributed by atoms with Crippen molar-refractivity contribution in [2.24, 2.45) is 0 Å². The fourth-order valence-corrected chi connectivity index (χ4v) is 0.987. The summed E-state index contributed by atoms with van der Waals surface area (Å²) in [5, 5.41) is 10.8. The van der Waals surface area contributed by atoms with Crippen LogP contribution >= 0.6 is 0 Å². The van der Waals surface area contributed by atoms with Crippen LogP contribution in [0.4, 0.5) is 0 Å². The molecule has 0 atom stereocenters. The number of nitrogens with one attached hydrogen (secondary N) is 1. The standard InChI is InChI=1S/C7H8N4/c1-6-7(5-8-10-6)11-4-2-3-9-11/h2-5H,1H3,(H,8,10). The third-order valence-corrected chi connectivity index (χ3v) is 1.55. The van der Waals surface area contributed by atoms with E-state index in [0.29, 0.717) is 0 Å². The molecule has 0 fully saturated rings. The molecule has 11 heavy (non-hydrogen) atoms. The van der Waals surface area contributed by atoms with Gasteiger partial charge in [0.15, 0.2) is 0 Å². The number of rotatable bonds is 1. The number of aryl methyl sites for hydroxylation is 1. The van der Waals surface area contributed by atoms with Gasteiger partial charge in [-0.15, -0.1) is 0 Å². The topological polar surface area (TPSA) is 46.5 Å². The van der Waals surface area contributed by atoms with Gasteiger partial charge in [0.1, 0.15) is 5.69 Å². The molecular weight excluding hydrogens is 140 g/mol. The SMILES string of the molecule is Cc1[nH]ncc1-n1cccn1. The zero-order valence-electron chi connectivity index (χ0n) is 6.15. The first-order chi connectivity index (χ1) is 5.38. The number of H-pyrrole nitrogens is 1. The van der Waals surface area contributed by atoms with Crippen molar-refractivity contribution in [2.45, 2.75) is 6.92 Å². The number of nitrogens with zero attached hydrogens (tertiary/aromatic N) is 3. The average molecular weight is 148 g/mol. The van der Waals surface area contributed by atoms with E-state index in [1.54, 1.807) is 17.1 Å². The van der Waals surface area contributed by atoms with Crippen molar-refractivity contribution in [3.05, 3.63) is 30.4 Å². The highest BCUT2D eigenvalue weighted by molar-refractivity contribution is 5.31. The Balaban J connectivity index is 2.53. The van der Waals surface area contributed by atoms with Crippen molar-refractivity contribution >= 4 is 0 Å². The van der Waals surface area contributed by atoms with E-state index in [9.17, 15) is 0 Å². The fraction of sp³-hybridized carbons (Fsp3) is 0.143. The minimum atomic E-state index is 0.995. The number of hydrogen-bond acceptors (Lipinski definition) is 2. The van der Waals surface area contributed by atoms with Crippen molar-refractivity contribution in [1.29, 1.82) is 0 Å². The Hall–Kier alpha value is -1.58. The van der Waals surface area contributed by atoms with E-state index in [2.05, 4.69) is 15.3 Å². The van der Waals surface area contributed by atoms with E-state index in [1.165, 1.54) is 0 Å². The molecule has 4 heteroatoms. The molecule has 0 unspecified atom stereocenters. The maximum absolute atomic E-state index is 4.08. The summed E-state index contributed by atoms with van der Waals surface area (Å²) >= 11 is 0. The minimum absolute atomic E-state index is 0.995. The lowest BCUT2D eigenvalue weighted by Crippen LogP contribution is -1.93. The predicted octanol–water partition coefficient (Wildman–Crippen LogP) is 0.904. The van der Waals surface area contributed by atoms with E-state index in [0.717, 1.165) is 11.4 Å². The first-order valence-electron chi connectivity index (χ1n) is 3.38. The second-order valence-electron chi connectivity index (χ2n) is 2.33. The molecule has 0 aliphatic carbocycles. The molecule has 2 rings (SSSR count). The Bertz CT molecular complexity index is 333. The van der Waals surface area contributed by atoms with Gasteiger partial charge < -0.3 is 0 Å². The highest BCUT2D eigenvalue weighted by atomic mass is 15.3. The van der Waals surface area contributed by atoms with E-state index in [-0.39, 0.29) is 0 Å². The molecule has 2 aromatic rings. The van der Waals surface area contributed by atoms with Crippen molar-refractivity contribution in [2.75, 3.05) is 0 Å². The quantitative estimate of drug-likeness (QED) is 0.653. The van der Waals surface area contributed by atoms with Gasteiger partial charge in [-0.2, -0.15) is 10.2 Å². The van der Waals surface area contributed by atoms with Gasteiger partial charge in [0.25, 0.3) is 0 Å². The van der Waals surface area contributed by atoms with Gasteiger partial charge in [-0.3, -0.25) is 5.10 Å². The van der Waals surface area contributed by atoms with Gasteiger partial charge in [0.2, 0.25) is 0 Å². The number of aromatic amines is 1. The van der Waals surface area contributed by atoms with Gasteiger partial charge in [-0.25, -0.2) is 4.68 Å². The molecule has 0 amide bonds. The number of aromatic nitrogens is 4. The van der Waals surface area contributed by atoms with E-state index in [4.69, 9.17) is 0 Å². The fourth-order valence-electron chi connectivity index (χ4n) is 0.987. The molecule has 0 aliphatic heterocycles. The Morgan fingerprint density at radius 1 is 1.55 bits per heavy atom. The Labute approximate surface area is 63.9 Å². The molecule has 56 valence electrons. The lowest BCUT2D eigenvalue weighted by molar-refractivity contribution is 0.873. The normalized spacial score (nSPS) is 10.3. The van der Waals surface area contributed by atoms with Crippen LogP contribution in [0.5, 0.6) is 0 Å². The van der Waals surface area contributed by atoms with Crippen molar-refractivity contribution < 1.29 is 0 Å². The molecule has 0 aromatic carbocycles. The summed E-state index contributed by atoms with van der Waals surface area (Å²) in [6.07, 6.45) is 5.38. The van der Waals surface area contributed by atoms with Gasteiger partial charge in [0, 0.05) is 12.4 Å². The van der Waals surface area contributed by atoms with Crippen LogP contribution in [-0.4, -0.2) is 20.0 Å². The lowest BCUT2D eigenvalue weighted by atomic mass is 10.4. The summed E-state index contributed by atoms with van der Waals surface area (Å²) in [6.45, 7) is 1.96. The average Bonchev–Trinajstić information content (AvgIpc) is 2.55. The second-order valence-corrected chi connectivity index (χ2v) is 2.33. The smallest absolute Gasteiger partial charge is 0.105 e. The van der Waals surface area contributed by atoms with Gasteiger partial charge in [0.05, 0.1) is 11.9 Å². The molecule has 1 N–H and O–H groups in total. The third kappa shape index (κ3) is 0.920. The van der Waals surface area contributed by atoms with Crippen LogP contribution in [0.3, 0.4) is 0 Å². The van der Waals surface area contributed by atoms with Crippen LogP contribution in [0.15, 0.2) is 24.7 Å². The van der Waals surface area contributed by atoms with Crippen LogP contribution in [-0.2, 0) is 0 Å². The van der Waals surface area contributed by atoms with E-state index < -0.39 is 0 Å². The third-order valence-electron chi connectivity index (χ3n) is 1.55. The first kappa shape index (κ1) is 6.15. The zero-order valence-corrected chi connectivity index (χ0v) is 6.15. The molecule has 2 aromatic heterocycles. The lowest BCUT2D eigenvalue weighted by Gasteiger charge is -1.95. The van der Waals surface area contributed by atoms with Crippen LogP contribution in [0.25, 0.3) is 5.69 Å². The van der Waals surface area contributed by atoms with Crippen LogP contribution < -0.4 is 0 Å². The molecule has 0 saturated heterocycles. The number of hydrogen-bond donors (Lipinski definition) is 1. The van der Waals surface area contributed by atoms with Gasteiger partial charge in [-0.1, -0.05) is 0 Å². The monoisotopic (exact) mass is 148 g/mol. The summed E-state index contributed by atoms with van der Waals surface area (Å²) in [5.41, 5.74) is 2.02. The summed E-state index contributed by atoms with van der Waals surface area (Å²) in [7, 11) is 0. The Morgan fingerprint density at radius 2 is 2.45 bits per heavy atom. The van der Waals surface area contributed by atoms with E-state index >= 15 is 0 Å². The van der Waals surface area contributed by atoms with E-state index in [1.807, 2.05) is 19.2 Å². The molecule has 0 bridgehead atoms. The highest BCUT2D eigenvalue weighted by Crippen LogP contribution is 2.06. The second kappa shape index (κ2) is 2.23. The minimum Gasteiger partial charge on any atom is -0.281 e. The largest absolute Gasteiger partial charge is 0.281 e. The van der Waals surface area contributed by atoms with Crippen molar-refractivity contribution in [1.82, 2.24) is 20.0 Å². The predicted molar refractivity (Wildman–Crippen MR) is 40.4 cm³/mol. The zero-order chi connectivity index (χ0) is 7.68. The highest BCUT2D eigenvalue weighted by Gasteiger charge is 2.00. The summed E-state index contributed by atoms with van der Waals surface area (Å²) in [5.74, 6) is 0. The maximum Gasteiger partial charge on any atom is 0.105 e. The molecule has 4 nitrogen and oxygen atoms in total. The Morgan fingerprint density at radius 3 is 3.00 bits per heavy atom. The molecule has 2 heterocycles. The molecule has 0 aliphatic rings. The van der Waals surface area contributed by atoms with Gasteiger partial charge >= 0.3 is 0 Å². The first-order valence-corrected chi connectivity index (χ1v) is 3.38. The Kier molecular flexibility index (Phi) is 1.25. The van der Waals surface area contributed by atoms with Crippen LogP contribution in [0.2, 0.25) is 0 Å². The van der Waals surface area contributed by atoms with Crippen LogP contribution in [0, 0.1) is 6.92 Å². The van der Waals surface area contributed by atoms with Crippen molar-refractivity contribution in [3.8, 4) is 5.69 Å². The molecule has 0 radical (unpaired) electrons. The summed E-state index contributed by atoms with van der Waals surface area (Å²) < 4.78 is 1.78. The molecule has 0 spiro atoms. The van der Waals surface area contributed by atoms with Crippen molar-refractivity contribution in [3.63, 3.8) is 0 Å². The summed E-state index contributed by atoms with van der Waals surface area (Å²) in [6, 6.07) is 1.88. The van der Waals surface area contributed by atoms with Gasteiger partial charge in [-0.05, 0) is 13.0 Å².